The van der Waals surface area contributed by atoms with Gasteiger partial charge in [-0.25, -0.2) is 9.97 Å². The number of thiazole rings is 1. The first-order valence-electron chi connectivity index (χ1n) is 6.16. The molecule has 0 saturated heterocycles. The summed E-state index contributed by atoms with van der Waals surface area (Å²) in [6, 6.07) is 8.15. The van der Waals surface area contributed by atoms with Gasteiger partial charge in [0.2, 0.25) is 0 Å². The van der Waals surface area contributed by atoms with Crippen molar-refractivity contribution in [3.05, 3.63) is 29.6 Å². The highest BCUT2D eigenvalue weighted by atomic mass is 32.1. The van der Waals surface area contributed by atoms with Gasteiger partial charge >= 0.3 is 0 Å². The summed E-state index contributed by atoms with van der Waals surface area (Å²) >= 11 is 1.44. The third kappa shape index (κ3) is 2.00. The van der Waals surface area contributed by atoms with Gasteiger partial charge in [0.05, 0.1) is 11.0 Å². The van der Waals surface area contributed by atoms with Crippen molar-refractivity contribution in [2.24, 2.45) is 0 Å². The zero-order chi connectivity index (χ0) is 13.6. The monoisotopic (exact) mass is 272 g/mol. The van der Waals surface area contributed by atoms with E-state index in [4.69, 9.17) is 10.7 Å². The second kappa shape index (κ2) is 4.06. The Morgan fingerprint density at radius 3 is 2.53 bits per heavy atom. The van der Waals surface area contributed by atoms with Crippen LogP contribution < -0.4 is 5.73 Å². The molecule has 19 heavy (non-hydrogen) atoms. The fourth-order valence-electron chi connectivity index (χ4n) is 2.27. The van der Waals surface area contributed by atoms with Gasteiger partial charge in [0.25, 0.3) is 0 Å². The van der Waals surface area contributed by atoms with Crippen molar-refractivity contribution in [3.63, 3.8) is 0 Å². The van der Waals surface area contributed by atoms with Gasteiger partial charge in [-0.05, 0) is 32.9 Å². The quantitative estimate of drug-likeness (QED) is 0.737. The number of imidazole rings is 1. The van der Waals surface area contributed by atoms with Gasteiger partial charge in [-0.1, -0.05) is 12.1 Å². The van der Waals surface area contributed by atoms with Crippen LogP contribution in [0.3, 0.4) is 0 Å². The number of nitrogens with zero attached hydrogens (tertiary/aromatic N) is 3. The highest BCUT2D eigenvalue weighted by molar-refractivity contribution is 7.13. The normalized spacial score (nSPS) is 12.2. The Bertz CT molecular complexity index is 733. The fraction of sp³-hybridized carbons (Fsp3) is 0.286. The second-order valence-electron chi connectivity index (χ2n) is 5.50. The minimum absolute atomic E-state index is 0.0657. The molecule has 3 rings (SSSR count). The predicted molar refractivity (Wildman–Crippen MR) is 80.2 cm³/mol. The van der Waals surface area contributed by atoms with E-state index in [0.29, 0.717) is 5.13 Å². The van der Waals surface area contributed by atoms with Crippen LogP contribution in [0, 0.1) is 0 Å². The molecule has 3 aromatic rings. The average Bonchev–Trinajstić information content (AvgIpc) is 2.90. The topological polar surface area (TPSA) is 56.7 Å². The van der Waals surface area contributed by atoms with E-state index >= 15 is 0 Å². The zero-order valence-corrected chi connectivity index (χ0v) is 12.0. The molecule has 2 heterocycles. The highest BCUT2D eigenvalue weighted by Crippen LogP contribution is 2.31. The molecule has 0 aliphatic rings. The zero-order valence-electron chi connectivity index (χ0n) is 11.2. The Kier molecular flexibility index (Phi) is 2.60. The molecular weight excluding hydrogens is 256 g/mol. The van der Waals surface area contributed by atoms with Crippen LogP contribution in [0.2, 0.25) is 0 Å². The van der Waals surface area contributed by atoms with Crippen LogP contribution in [0.5, 0.6) is 0 Å². The standard InChI is InChI=1S/C14H16N4S/c1-14(2,3)18-11-7-5-4-6-9(11)16-12(18)10-8-19-13(15)17-10/h4-8H,1-3H3,(H2,15,17). The van der Waals surface area contributed by atoms with E-state index in [1.807, 2.05) is 23.6 Å². The molecule has 2 N–H and O–H groups in total. The van der Waals surface area contributed by atoms with Gasteiger partial charge in [-0.3, -0.25) is 0 Å². The van der Waals surface area contributed by atoms with Crippen molar-refractivity contribution >= 4 is 27.5 Å². The molecule has 98 valence electrons. The molecule has 0 unspecified atom stereocenters. The minimum atomic E-state index is -0.0657. The van der Waals surface area contributed by atoms with Crippen LogP contribution >= 0.6 is 11.3 Å². The van der Waals surface area contributed by atoms with Gasteiger partial charge in [0.15, 0.2) is 11.0 Å². The first-order valence-corrected chi connectivity index (χ1v) is 7.04. The molecular formula is C14H16N4S. The number of nitrogen functional groups attached to an aromatic ring is 1. The lowest BCUT2D eigenvalue weighted by Crippen LogP contribution is -2.22. The summed E-state index contributed by atoms with van der Waals surface area (Å²) in [4.78, 5) is 9.08. The Balaban J connectivity index is 2.35. The summed E-state index contributed by atoms with van der Waals surface area (Å²) in [5, 5.41) is 2.53. The molecule has 0 fully saturated rings. The molecule has 5 heteroatoms. The maximum atomic E-state index is 5.74. The smallest absolute Gasteiger partial charge is 0.180 e. The molecule has 4 nitrogen and oxygen atoms in total. The van der Waals surface area contributed by atoms with Crippen LogP contribution in [0.25, 0.3) is 22.6 Å². The third-order valence-corrected chi connectivity index (χ3v) is 3.66. The number of aromatic nitrogens is 3. The van der Waals surface area contributed by atoms with E-state index in [1.54, 1.807) is 0 Å². The predicted octanol–water partition coefficient (Wildman–Crippen LogP) is 3.50. The lowest BCUT2D eigenvalue weighted by molar-refractivity contribution is 0.412. The van der Waals surface area contributed by atoms with Crippen molar-refractivity contribution < 1.29 is 0 Å². The molecule has 0 amide bonds. The number of hydrogen-bond donors (Lipinski definition) is 1. The number of fused-ring (bicyclic) bond motifs is 1. The molecule has 0 bridgehead atoms. The Labute approximate surface area is 115 Å². The first kappa shape index (κ1) is 12.2. The summed E-state index contributed by atoms with van der Waals surface area (Å²) in [6.07, 6.45) is 0. The van der Waals surface area contributed by atoms with Crippen LogP contribution in [0.1, 0.15) is 20.8 Å². The second-order valence-corrected chi connectivity index (χ2v) is 6.39. The maximum absolute atomic E-state index is 5.74. The van der Waals surface area contributed by atoms with Gasteiger partial charge in [0, 0.05) is 10.9 Å². The van der Waals surface area contributed by atoms with E-state index < -0.39 is 0 Å². The number of rotatable bonds is 1. The minimum Gasteiger partial charge on any atom is -0.375 e. The van der Waals surface area contributed by atoms with E-state index in [-0.39, 0.29) is 5.54 Å². The number of para-hydroxylation sites is 2. The fourth-order valence-corrected chi connectivity index (χ4v) is 2.81. The number of benzene rings is 1. The molecule has 1 aromatic carbocycles. The molecule has 0 aliphatic carbocycles. The molecule has 0 atom stereocenters. The Hall–Kier alpha value is -1.88. The van der Waals surface area contributed by atoms with E-state index in [9.17, 15) is 0 Å². The Morgan fingerprint density at radius 1 is 1.16 bits per heavy atom. The summed E-state index contributed by atoms with van der Waals surface area (Å²) in [6.45, 7) is 6.50. The SMILES string of the molecule is CC(C)(C)n1c(-c2csc(N)n2)nc2ccccc21. The van der Waals surface area contributed by atoms with Gasteiger partial charge in [0.1, 0.15) is 5.69 Å². The van der Waals surface area contributed by atoms with Crippen LogP contribution in [0.4, 0.5) is 5.13 Å². The molecule has 0 aliphatic heterocycles. The summed E-state index contributed by atoms with van der Waals surface area (Å²) in [7, 11) is 0. The van der Waals surface area contributed by atoms with Crippen LogP contribution in [0.15, 0.2) is 29.6 Å². The van der Waals surface area contributed by atoms with E-state index in [2.05, 4.69) is 36.4 Å². The molecule has 0 saturated carbocycles. The summed E-state index contributed by atoms with van der Waals surface area (Å²) in [5.41, 5.74) is 8.62. The van der Waals surface area contributed by atoms with E-state index in [0.717, 1.165) is 22.6 Å². The third-order valence-electron chi connectivity index (χ3n) is 2.98. The number of anilines is 1. The number of nitrogens with two attached hydrogens (primary N) is 1. The lowest BCUT2D eigenvalue weighted by Gasteiger charge is -2.24. The van der Waals surface area contributed by atoms with Gasteiger partial charge < -0.3 is 10.3 Å². The highest BCUT2D eigenvalue weighted by Gasteiger charge is 2.23. The van der Waals surface area contributed by atoms with Crippen molar-refractivity contribution in [1.82, 2.24) is 14.5 Å². The molecule has 0 spiro atoms. The van der Waals surface area contributed by atoms with Crippen LogP contribution in [-0.4, -0.2) is 14.5 Å². The van der Waals surface area contributed by atoms with Gasteiger partial charge in [-0.15, -0.1) is 11.3 Å². The van der Waals surface area contributed by atoms with Crippen molar-refractivity contribution in [3.8, 4) is 11.5 Å². The van der Waals surface area contributed by atoms with Crippen molar-refractivity contribution in [2.45, 2.75) is 26.3 Å². The van der Waals surface area contributed by atoms with Crippen molar-refractivity contribution in [1.29, 1.82) is 0 Å². The average molecular weight is 272 g/mol. The first-order chi connectivity index (χ1) is 8.97. The molecule has 2 aromatic heterocycles. The van der Waals surface area contributed by atoms with Crippen LogP contribution in [-0.2, 0) is 5.54 Å². The number of hydrogen-bond acceptors (Lipinski definition) is 4. The van der Waals surface area contributed by atoms with Gasteiger partial charge in [-0.2, -0.15) is 0 Å². The summed E-state index contributed by atoms with van der Waals surface area (Å²) in [5.74, 6) is 0.877. The van der Waals surface area contributed by atoms with Crippen molar-refractivity contribution in [2.75, 3.05) is 5.73 Å². The van der Waals surface area contributed by atoms with E-state index in [1.165, 1.54) is 11.3 Å². The lowest BCUT2D eigenvalue weighted by atomic mass is 10.1. The summed E-state index contributed by atoms with van der Waals surface area (Å²) < 4.78 is 2.22. The molecule has 0 radical (unpaired) electrons. The maximum Gasteiger partial charge on any atom is 0.180 e. The Morgan fingerprint density at radius 2 is 1.89 bits per heavy atom. The largest absolute Gasteiger partial charge is 0.375 e.